The summed E-state index contributed by atoms with van der Waals surface area (Å²) in [5.74, 6) is -0.224. The first-order valence-corrected chi connectivity index (χ1v) is 7.42. The molecule has 122 valence electrons. The largest absolute Gasteiger partial charge is 0.483 e. The second kappa shape index (κ2) is 7.94. The number of carbonyl (C=O) groups is 1. The monoisotopic (exact) mass is 337 g/mol. The normalized spacial score (nSPS) is 10.4. The Hall–Kier alpha value is -2.11. The minimum absolute atomic E-state index is 0.144. The Morgan fingerprint density at radius 1 is 1.35 bits per heavy atom. The lowest BCUT2D eigenvalue weighted by Crippen LogP contribution is -2.28. The van der Waals surface area contributed by atoms with Crippen molar-refractivity contribution in [2.45, 2.75) is 20.1 Å². The maximum atomic E-state index is 13.3. The number of benzene rings is 2. The van der Waals surface area contributed by atoms with E-state index in [9.17, 15) is 9.18 Å². The minimum atomic E-state index is -0.470. The number of hydrogen-bond acceptors (Lipinski definition) is 3. The predicted molar refractivity (Wildman–Crippen MR) is 85.9 cm³/mol. The lowest BCUT2D eigenvalue weighted by Gasteiger charge is -2.11. The van der Waals surface area contributed by atoms with Crippen LogP contribution in [0.2, 0.25) is 5.02 Å². The van der Waals surface area contributed by atoms with E-state index in [1.165, 1.54) is 12.1 Å². The van der Waals surface area contributed by atoms with E-state index in [0.717, 1.165) is 5.56 Å². The van der Waals surface area contributed by atoms with Crippen molar-refractivity contribution in [3.05, 3.63) is 63.9 Å². The first kappa shape index (κ1) is 17.2. The molecule has 0 aliphatic rings. The van der Waals surface area contributed by atoms with Crippen LogP contribution < -0.4 is 10.1 Å². The van der Waals surface area contributed by atoms with Gasteiger partial charge in [-0.05, 0) is 36.8 Å². The molecule has 0 aromatic heterocycles. The molecule has 2 aromatic rings. The molecule has 0 atom stereocenters. The van der Waals surface area contributed by atoms with Crippen LogP contribution in [0.4, 0.5) is 4.39 Å². The fourth-order valence-corrected chi connectivity index (χ4v) is 2.16. The maximum absolute atomic E-state index is 13.3. The number of carbonyl (C=O) groups excluding carboxylic acids is 1. The van der Waals surface area contributed by atoms with Gasteiger partial charge in [0.25, 0.3) is 5.91 Å². The molecule has 0 fully saturated rings. The zero-order chi connectivity index (χ0) is 16.8. The van der Waals surface area contributed by atoms with Crippen molar-refractivity contribution >= 4 is 17.5 Å². The van der Waals surface area contributed by atoms with E-state index in [0.29, 0.717) is 16.3 Å². The molecule has 0 saturated heterocycles. The second-order valence-electron chi connectivity index (χ2n) is 5.01. The molecule has 0 aliphatic carbocycles. The highest BCUT2D eigenvalue weighted by Gasteiger charge is 2.08. The number of hydrogen-bond donors (Lipinski definition) is 2. The molecule has 23 heavy (non-hydrogen) atoms. The average Bonchev–Trinajstić information content (AvgIpc) is 2.55. The first-order valence-electron chi connectivity index (χ1n) is 7.04. The van der Waals surface area contributed by atoms with Gasteiger partial charge in [-0.25, -0.2) is 4.39 Å². The zero-order valence-corrected chi connectivity index (χ0v) is 13.4. The second-order valence-corrected chi connectivity index (χ2v) is 5.42. The Bertz CT molecular complexity index is 706. The average molecular weight is 338 g/mol. The smallest absolute Gasteiger partial charge is 0.258 e. The van der Waals surface area contributed by atoms with Crippen LogP contribution in [-0.2, 0) is 17.9 Å². The van der Waals surface area contributed by atoms with Crippen LogP contribution in [0.3, 0.4) is 0 Å². The van der Waals surface area contributed by atoms with Gasteiger partial charge in [0, 0.05) is 22.7 Å². The van der Waals surface area contributed by atoms with Gasteiger partial charge >= 0.3 is 0 Å². The minimum Gasteiger partial charge on any atom is -0.483 e. The number of nitrogens with one attached hydrogen (secondary N) is 1. The van der Waals surface area contributed by atoms with E-state index >= 15 is 0 Å². The number of aliphatic hydroxyl groups excluding tert-OH is 1. The van der Waals surface area contributed by atoms with Crippen molar-refractivity contribution in [2.75, 3.05) is 6.61 Å². The molecule has 0 bridgehead atoms. The molecule has 4 nitrogen and oxygen atoms in total. The van der Waals surface area contributed by atoms with Gasteiger partial charge in [-0.1, -0.05) is 23.7 Å². The van der Waals surface area contributed by atoms with Gasteiger partial charge in [0.05, 0.1) is 6.61 Å². The van der Waals surface area contributed by atoms with E-state index in [1.54, 1.807) is 24.3 Å². The third kappa shape index (κ3) is 4.68. The number of rotatable bonds is 6. The van der Waals surface area contributed by atoms with Crippen LogP contribution >= 0.6 is 11.6 Å². The molecule has 1 amide bonds. The number of aliphatic hydroxyl groups is 1. The van der Waals surface area contributed by atoms with Crippen LogP contribution in [0, 0.1) is 12.7 Å². The van der Waals surface area contributed by atoms with Gasteiger partial charge in [-0.15, -0.1) is 0 Å². The Kier molecular flexibility index (Phi) is 5.96. The third-order valence-corrected chi connectivity index (χ3v) is 3.76. The van der Waals surface area contributed by atoms with Crippen molar-refractivity contribution in [1.29, 1.82) is 0 Å². The molecule has 0 aliphatic heterocycles. The highest BCUT2D eigenvalue weighted by atomic mass is 35.5. The number of halogens is 2. The molecule has 2 rings (SSSR count). The zero-order valence-electron chi connectivity index (χ0n) is 12.6. The fraction of sp³-hybridized carbons (Fsp3) is 0.235. The lowest BCUT2D eigenvalue weighted by atomic mass is 10.1. The summed E-state index contributed by atoms with van der Waals surface area (Å²) in [6, 6.07) is 9.56. The molecule has 0 spiro atoms. The Balaban J connectivity index is 1.87. The van der Waals surface area contributed by atoms with Gasteiger partial charge in [0.15, 0.2) is 6.61 Å². The summed E-state index contributed by atoms with van der Waals surface area (Å²) in [4.78, 5) is 11.8. The summed E-state index contributed by atoms with van der Waals surface area (Å²) < 4.78 is 18.7. The number of amides is 1. The van der Waals surface area contributed by atoms with Gasteiger partial charge in [0.1, 0.15) is 11.6 Å². The van der Waals surface area contributed by atoms with Crippen molar-refractivity contribution in [3.63, 3.8) is 0 Å². The van der Waals surface area contributed by atoms with Gasteiger partial charge in [-0.2, -0.15) is 0 Å². The maximum Gasteiger partial charge on any atom is 0.258 e. The third-order valence-electron chi connectivity index (χ3n) is 3.35. The van der Waals surface area contributed by atoms with Crippen LogP contribution in [0.5, 0.6) is 5.75 Å². The molecule has 0 radical (unpaired) electrons. The summed E-state index contributed by atoms with van der Waals surface area (Å²) in [5.41, 5.74) is 1.67. The Labute approximate surface area is 138 Å². The van der Waals surface area contributed by atoms with E-state index in [-0.39, 0.29) is 31.2 Å². The first-order chi connectivity index (χ1) is 11.0. The van der Waals surface area contributed by atoms with Crippen molar-refractivity contribution in [1.82, 2.24) is 5.32 Å². The molecule has 6 heteroatoms. The molecular formula is C17H17ClFNO3. The van der Waals surface area contributed by atoms with Crippen LogP contribution in [0.15, 0.2) is 36.4 Å². The molecule has 2 aromatic carbocycles. The molecule has 0 heterocycles. The quantitative estimate of drug-likeness (QED) is 0.852. The predicted octanol–water partition coefficient (Wildman–Crippen LogP) is 2.98. The van der Waals surface area contributed by atoms with E-state index in [1.807, 2.05) is 6.92 Å². The Morgan fingerprint density at radius 2 is 2.13 bits per heavy atom. The highest BCUT2D eigenvalue weighted by molar-refractivity contribution is 6.31. The van der Waals surface area contributed by atoms with Gasteiger partial charge < -0.3 is 15.2 Å². The van der Waals surface area contributed by atoms with Gasteiger partial charge in [0.2, 0.25) is 0 Å². The van der Waals surface area contributed by atoms with E-state index in [2.05, 4.69) is 5.32 Å². The van der Waals surface area contributed by atoms with Crippen molar-refractivity contribution < 1.29 is 19.0 Å². The van der Waals surface area contributed by atoms with Crippen molar-refractivity contribution in [3.8, 4) is 5.75 Å². The summed E-state index contributed by atoms with van der Waals surface area (Å²) in [6.07, 6.45) is 0. The summed E-state index contributed by atoms with van der Waals surface area (Å²) >= 11 is 5.98. The number of ether oxygens (including phenoxy) is 1. The summed E-state index contributed by atoms with van der Waals surface area (Å²) in [6.45, 7) is 1.51. The lowest BCUT2D eigenvalue weighted by molar-refractivity contribution is -0.123. The van der Waals surface area contributed by atoms with Crippen LogP contribution in [-0.4, -0.2) is 17.6 Å². The molecule has 0 saturated carbocycles. The van der Waals surface area contributed by atoms with Crippen LogP contribution in [0.1, 0.15) is 16.7 Å². The molecular weight excluding hydrogens is 321 g/mol. The highest BCUT2D eigenvalue weighted by Crippen LogP contribution is 2.24. The SMILES string of the molecule is Cc1c(Cl)cccc1OCC(=O)NCc1ccc(F)c(CO)c1. The van der Waals surface area contributed by atoms with Gasteiger partial charge in [-0.3, -0.25) is 4.79 Å². The summed E-state index contributed by atoms with van der Waals surface area (Å²) in [7, 11) is 0. The van der Waals surface area contributed by atoms with E-state index < -0.39 is 5.82 Å². The topological polar surface area (TPSA) is 58.6 Å². The standard InChI is InChI=1S/C17H17ClFNO3/c1-11-14(18)3-2-4-16(11)23-10-17(22)20-8-12-5-6-15(19)13(7-12)9-21/h2-7,21H,8-10H2,1H3,(H,20,22). The molecule has 0 unspecified atom stereocenters. The summed E-state index contributed by atoms with van der Waals surface area (Å²) in [5, 5.41) is 12.3. The van der Waals surface area contributed by atoms with E-state index in [4.69, 9.17) is 21.4 Å². The Morgan fingerprint density at radius 3 is 2.87 bits per heavy atom. The van der Waals surface area contributed by atoms with Crippen LogP contribution in [0.25, 0.3) is 0 Å². The molecule has 2 N–H and O–H groups in total. The van der Waals surface area contributed by atoms with Crippen molar-refractivity contribution in [2.24, 2.45) is 0 Å². The fourth-order valence-electron chi connectivity index (χ4n) is 2.00.